The number of halogens is 2. The van der Waals surface area contributed by atoms with Crippen LogP contribution in [0, 0.1) is 0 Å². The Balaban J connectivity index is 1.74. The molecule has 26 heavy (non-hydrogen) atoms. The van der Waals surface area contributed by atoms with Crippen LogP contribution < -0.4 is 4.74 Å². The summed E-state index contributed by atoms with van der Waals surface area (Å²) in [6, 6.07) is 10.2. The van der Waals surface area contributed by atoms with Gasteiger partial charge in [-0.2, -0.15) is 4.31 Å². The summed E-state index contributed by atoms with van der Waals surface area (Å²) < 4.78 is 31.9. The minimum absolute atomic E-state index is 0.172. The molecule has 1 heterocycles. The zero-order valence-electron chi connectivity index (χ0n) is 13.8. The fraction of sp³-hybridized carbons (Fsp3) is 0.278. The van der Waals surface area contributed by atoms with Gasteiger partial charge >= 0.3 is 5.97 Å². The molecule has 0 amide bonds. The summed E-state index contributed by atoms with van der Waals surface area (Å²) in [6.07, 6.45) is 2.78. The number of benzene rings is 2. The van der Waals surface area contributed by atoms with E-state index in [-0.39, 0.29) is 21.2 Å². The van der Waals surface area contributed by atoms with E-state index in [1.54, 1.807) is 0 Å². The third kappa shape index (κ3) is 4.20. The van der Waals surface area contributed by atoms with Gasteiger partial charge in [-0.3, -0.25) is 0 Å². The van der Waals surface area contributed by atoms with Gasteiger partial charge in [-0.1, -0.05) is 29.6 Å². The van der Waals surface area contributed by atoms with E-state index in [4.69, 9.17) is 27.9 Å². The molecule has 1 aliphatic rings. The fourth-order valence-electron chi connectivity index (χ4n) is 2.72. The molecule has 3 rings (SSSR count). The number of hydrogen-bond acceptors (Lipinski definition) is 4. The van der Waals surface area contributed by atoms with Crippen molar-refractivity contribution < 1.29 is 17.9 Å². The molecular formula is C18H17Cl2NO4S. The first kappa shape index (κ1) is 19.2. The third-order valence-electron chi connectivity index (χ3n) is 4.14. The first-order chi connectivity index (χ1) is 12.4. The van der Waals surface area contributed by atoms with E-state index in [1.165, 1.54) is 46.8 Å². The first-order valence-corrected chi connectivity index (χ1v) is 10.3. The molecule has 2 aromatic carbocycles. The van der Waals surface area contributed by atoms with Crippen LogP contribution in [0.4, 0.5) is 0 Å². The number of esters is 1. The molecule has 0 unspecified atom stereocenters. The molecule has 1 aliphatic heterocycles. The quantitative estimate of drug-likeness (QED) is 0.550. The van der Waals surface area contributed by atoms with Gasteiger partial charge in [0.15, 0.2) is 0 Å². The number of hydrogen-bond donors (Lipinski definition) is 0. The Morgan fingerprint density at radius 2 is 1.58 bits per heavy atom. The van der Waals surface area contributed by atoms with Crippen LogP contribution in [0.15, 0.2) is 47.4 Å². The number of carbonyl (C=O) groups excluding carboxylic acids is 1. The van der Waals surface area contributed by atoms with E-state index in [9.17, 15) is 13.2 Å². The Morgan fingerprint density at radius 1 is 0.923 bits per heavy atom. The van der Waals surface area contributed by atoms with Crippen LogP contribution in [-0.4, -0.2) is 31.8 Å². The normalized spacial score (nSPS) is 15.6. The van der Waals surface area contributed by atoms with Crippen LogP contribution in [0.2, 0.25) is 10.0 Å². The van der Waals surface area contributed by atoms with Gasteiger partial charge in [0, 0.05) is 19.2 Å². The summed E-state index contributed by atoms with van der Waals surface area (Å²) in [4.78, 5) is 12.4. The second kappa shape index (κ2) is 7.96. The van der Waals surface area contributed by atoms with Crippen LogP contribution >= 0.6 is 23.2 Å². The molecule has 0 atom stereocenters. The Labute approximate surface area is 162 Å². The highest BCUT2D eigenvalue weighted by Crippen LogP contribution is 2.27. The zero-order chi connectivity index (χ0) is 18.7. The average Bonchev–Trinajstić information content (AvgIpc) is 2.65. The minimum Gasteiger partial charge on any atom is -0.423 e. The first-order valence-electron chi connectivity index (χ1n) is 8.15. The molecule has 0 aromatic heterocycles. The van der Waals surface area contributed by atoms with Gasteiger partial charge < -0.3 is 4.74 Å². The van der Waals surface area contributed by atoms with Gasteiger partial charge in [0.05, 0.1) is 20.5 Å². The van der Waals surface area contributed by atoms with Crippen molar-refractivity contribution in [1.82, 2.24) is 4.31 Å². The summed E-state index contributed by atoms with van der Waals surface area (Å²) in [7, 11) is -3.52. The number of piperidine rings is 1. The van der Waals surface area contributed by atoms with Crippen molar-refractivity contribution in [2.75, 3.05) is 13.1 Å². The second-order valence-corrected chi connectivity index (χ2v) is 8.71. The largest absolute Gasteiger partial charge is 0.423 e. The molecule has 0 radical (unpaired) electrons. The van der Waals surface area contributed by atoms with Gasteiger partial charge in [0.1, 0.15) is 5.75 Å². The van der Waals surface area contributed by atoms with Gasteiger partial charge in [0.25, 0.3) is 0 Å². The van der Waals surface area contributed by atoms with E-state index in [1.807, 2.05) is 0 Å². The van der Waals surface area contributed by atoms with Crippen molar-refractivity contribution in [2.45, 2.75) is 24.2 Å². The third-order valence-corrected chi connectivity index (χ3v) is 6.80. The van der Waals surface area contributed by atoms with E-state index >= 15 is 0 Å². The van der Waals surface area contributed by atoms with E-state index in [0.717, 1.165) is 19.3 Å². The smallest absolute Gasteiger partial charge is 0.343 e. The highest BCUT2D eigenvalue weighted by molar-refractivity contribution is 7.89. The summed E-state index contributed by atoms with van der Waals surface area (Å²) in [5.74, 6) is -0.347. The Morgan fingerprint density at radius 3 is 2.19 bits per heavy atom. The summed E-state index contributed by atoms with van der Waals surface area (Å²) in [5.41, 5.74) is 0.244. The number of nitrogens with zero attached hydrogens (tertiary/aromatic N) is 1. The molecule has 0 N–H and O–H groups in total. The van der Waals surface area contributed by atoms with Crippen LogP contribution in [0.3, 0.4) is 0 Å². The molecule has 0 spiro atoms. The maximum absolute atomic E-state index is 12.6. The lowest BCUT2D eigenvalue weighted by Crippen LogP contribution is -2.35. The van der Waals surface area contributed by atoms with E-state index < -0.39 is 16.0 Å². The topological polar surface area (TPSA) is 63.7 Å². The second-order valence-electron chi connectivity index (χ2n) is 5.95. The lowest BCUT2D eigenvalue weighted by Gasteiger charge is -2.25. The van der Waals surface area contributed by atoms with E-state index in [2.05, 4.69) is 0 Å². The predicted molar refractivity (Wildman–Crippen MR) is 100 cm³/mol. The number of rotatable bonds is 4. The van der Waals surface area contributed by atoms with Crippen molar-refractivity contribution >= 4 is 39.2 Å². The minimum atomic E-state index is -3.52. The SMILES string of the molecule is O=C(Oc1ccc(Cl)c(Cl)c1)c1ccc(S(=O)(=O)N2CCCCC2)cc1. The van der Waals surface area contributed by atoms with Gasteiger partial charge in [-0.15, -0.1) is 0 Å². The summed E-state index contributed by atoms with van der Waals surface area (Å²) in [5, 5.41) is 0.638. The van der Waals surface area contributed by atoms with Crippen molar-refractivity contribution in [3.05, 3.63) is 58.1 Å². The summed E-state index contributed by atoms with van der Waals surface area (Å²) >= 11 is 11.7. The number of carbonyl (C=O) groups is 1. The fourth-order valence-corrected chi connectivity index (χ4v) is 4.53. The van der Waals surface area contributed by atoms with Gasteiger partial charge in [0.2, 0.25) is 10.0 Å². The van der Waals surface area contributed by atoms with E-state index in [0.29, 0.717) is 18.1 Å². The van der Waals surface area contributed by atoms with Crippen molar-refractivity contribution in [3.8, 4) is 5.75 Å². The highest BCUT2D eigenvalue weighted by atomic mass is 35.5. The maximum atomic E-state index is 12.6. The maximum Gasteiger partial charge on any atom is 0.343 e. The van der Waals surface area contributed by atoms with Crippen LogP contribution in [0.1, 0.15) is 29.6 Å². The van der Waals surface area contributed by atoms with Crippen molar-refractivity contribution in [2.24, 2.45) is 0 Å². The number of sulfonamides is 1. The molecular weight excluding hydrogens is 397 g/mol. The lowest BCUT2D eigenvalue weighted by atomic mass is 10.2. The predicted octanol–water partition coefficient (Wildman–Crippen LogP) is 4.39. The monoisotopic (exact) mass is 413 g/mol. The molecule has 2 aromatic rings. The molecule has 1 saturated heterocycles. The number of ether oxygens (including phenoxy) is 1. The zero-order valence-corrected chi connectivity index (χ0v) is 16.1. The molecule has 1 fully saturated rings. The molecule has 8 heteroatoms. The standard InChI is InChI=1S/C18H17Cl2NO4S/c19-16-9-6-14(12-17(16)20)25-18(22)13-4-7-15(8-5-13)26(23,24)21-10-2-1-3-11-21/h4-9,12H,1-3,10-11H2. The Hall–Kier alpha value is -1.60. The Bertz CT molecular complexity index is 907. The lowest BCUT2D eigenvalue weighted by molar-refractivity contribution is 0.0734. The molecule has 0 saturated carbocycles. The van der Waals surface area contributed by atoms with Gasteiger partial charge in [-0.25, -0.2) is 13.2 Å². The highest BCUT2D eigenvalue weighted by Gasteiger charge is 2.26. The molecule has 0 aliphatic carbocycles. The molecule has 5 nitrogen and oxygen atoms in total. The van der Waals surface area contributed by atoms with Crippen LogP contribution in [0.25, 0.3) is 0 Å². The van der Waals surface area contributed by atoms with Crippen LogP contribution in [0.5, 0.6) is 5.75 Å². The molecule has 0 bridgehead atoms. The van der Waals surface area contributed by atoms with Gasteiger partial charge in [-0.05, 0) is 49.2 Å². The summed E-state index contributed by atoms with van der Waals surface area (Å²) in [6.45, 7) is 1.06. The Kier molecular flexibility index (Phi) is 5.87. The molecule has 138 valence electrons. The van der Waals surface area contributed by atoms with Crippen molar-refractivity contribution in [1.29, 1.82) is 0 Å². The van der Waals surface area contributed by atoms with Crippen LogP contribution in [-0.2, 0) is 10.0 Å². The average molecular weight is 414 g/mol. The van der Waals surface area contributed by atoms with Crippen molar-refractivity contribution in [3.63, 3.8) is 0 Å².